The molecule has 0 atom stereocenters. The van der Waals surface area contributed by atoms with Gasteiger partial charge in [-0.05, 0) is 30.7 Å². The average Bonchev–Trinajstić information content (AvgIpc) is 2.81. The molecule has 0 fully saturated rings. The van der Waals surface area contributed by atoms with E-state index in [-0.39, 0.29) is 6.61 Å². The highest BCUT2D eigenvalue weighted by atomic mass is 35.5. The number of aliphatic hydroxyl groups is 1. The first-order valence-corrected chi connectivity index (χ1v) is 7.69. The fourth-order valence-electron chi connectivity index (χ4n) is 1.65. The third-order valence-electron chi connectivity index (χ3n) is 2.81. The van der Waals surface area contributed by atoms with Crippen molar-refractivity contribution in [1.29, 1.82) is 0 Å². The summed E-state index contributed by atoms with van der Waals surface area (Å²) in [4.78, 5) is 4.26. The number of aromatic nitrogens is 2. The zero-order valence-electron chi connectivity index (χ0n) is 11.3. The largest absolute Gasteiger partial charge is 0.494 e. The molecule has 108 valence electrons. The molecule has 1 heterocycles. The van der Waals surface area contributed by atoms with Crippen molar-refractivity contribution in [3.05, 3.63) is 41.2 Å². The molecule has 0 amide bonds. The molecule has 1 aromatic carbocycles. The molecule has 20 heavy (non-hydrogen) atoms. The highest BCUT2D eigenvalue weighted by Gasteiger charge is 2.05. The van der Waals surface area contributed by atoms with Crippen LogP contribution >= 0.6 is 23.4 Å². The van der Waals surface area contributed by atoms with Crippen molar-refractivity contribution >= 4 is 23.4 Å². The van der Waals surface area contributed by atoms with E-state index in [1.54, 1.807) is 18.0 Å². The van der Waals surface area contributed by atoms with Crippen molar-refractivity contribution in [3.63, 3.8) is 0 Å². The fourth-order valence-corrected chi connectivity index (χ4v) is 2.66. The maximum Gasteiger partial charge on any atom is 0.167 e. The van der Waals surface area contributed by atoms with E-state index in [0.717, 1.165) is 28.8 Å². The number of nitrogens with zero attached hydrogens (tertiary/aromatic N) is 2. The first-order valence-electron chi connectivity index (χ1n) is 6.33. The van der Waals surface area contributed by atoms with Crippen molar-refractivity contribution in [2.45, 2.75) is 18.2 Å². The third-order valence-corrected chi connectivity index (χ3v) is 4.19. The predicted molar refractivity (Wildman–Crippen MR) is 81.4 cm³/mol. The van der Waals surface area contributed by atoms with Crippen LogP contribution in [0.25, 0.3) is 0 Å². The Kier molecular flexibility index (Phi) is 5.76. The minimum Gasteiger partial charge on any atom is -0.494 e. The molecule has 2 rings (SSSR count). The van der Waals surface area contributed by atoms with E-state index >= 15 is 0 Å². The van der Waals surface area contributed by atoms with E-state index in [2.05, 4.69) is 4.98 Å². The van der Waals surface area contributed by atoms with E-state index in [9.17, 15) is 0 Å². The van der Waals surface area contributed by atoms with Crippen LogP contribution in [0.4, 0.5) is 0 Å². The van der Waals surface area contributed by atoms with Crippen LogP contribution in [0.2, 0.25) is 5.02 Å². The number of rotatable bonds is 7. The number of halogens is 1. The van der Waals surface area contributed by atoms with Gasteiger partial charge in [0.1, 0.15) is 5.75 Å². The third kappa shape index (κ3) is 4.16. The van der Waals surface area contributed by atoms with Gasteiger partial charge < -0.3 is 14.4 Å². The summed E-state index contributed by atoms with van der Waals surface area (Å²) in [5.41, 5.74) is 0.824. The van der Waals surface area contributed by atoms with E-state index in [0.29, 0.717) is 11.6 Å². The Balaban J connectivity index is 1.68. The first kappa shape index (κ1) is 15.2. The SMILES string of the molecule is Cn1c(CO)cnc1SCCCOc1ccc(Cl)cc1. The molecule has 1 aromatic heterocycles. The lowest BCUT2D eigenvalue weighted by Crippen LogP contribution is -2.00. The van der Waals surface area contributed by atoms with Gasteiger partial charge in [0.15, 0.2) is 5.16 Å². The number of imidazole rings is 1. The molecule has 0 unspecified atom stereocenters. The second kappa shape index (κ2) is 7.57. The quantitative estimate of drug-likeness (QED) is 0.630. The van der Waals surface area contributed by atoms with Gasteiger partial charge in [0.25, 0.3) is 0 Å². The van der Waals surface area contributed by atoms with E-state index in [4.69, 9.17) is 21.4 Å². The summed E-state index contributed by atoms with van der Waals surface area (Å²) in [7, 11) is 1.91. The topological polar surface area (TPSA) is 47.3 Å². The van der Waals surface area contributed by atoms with Crippen molar-refractivity contribution < 1.29 is 9.84 Å². The van der Waals surface area contributed by atoms with Crippen LogP contribution in [0.15, 0.2) is 35.6 Å². The maximum atomic E-state index is 9.09. The summed E-state index contributed by atoms with van der Waals surface area (Å²) < 4.78 is 7.52. The van der Waals surface area contributed by atoms with Crippen LogP contribution in [0, 0.1) is 0 Å². The summed E-state index contributed by atoms with van der Waals surface area (Å²) in [5.74, 6) is 1.75. The lowest BCUT2D eigenvalue weighted by atomic mass is 10.3. The summed E-state index contributed by atoms with van der Waals surface area (Å²) in [6.07, 6.45) is 2.63. The summed E-state index contributed by atoms with van der Waals surface area (Å²) in [6, 6.07) is 7.36. The molecule has 1 N–H and O–H groups in total. The fraction of sp³-hybridized carbons (Fsp3) is 0.357. The zero-order chi connectivity index (χ0) is 14.4. The van der Waals surface area contributed by atoms with Crippen molar-refractivity contribution in [3.8, 4) is 5.75 Å². The Morgan fingerprint density at radius 1 is 1.35 bits per heavy atom. The molecule has 0 saturated heterocycles. The summed E-state index contributed by atoms with van der Waals surface area (Å²) in [5, 5.41) is 10.7. The van der Waals surface area contributed by atoms with Crippen molar-refractivity contribution in [2.75, 3.05) is 12.4 Å². The minimum absolute atomic E-state index is 0.0176. The highest BCUT2D eigenvalue weighted by molar-refractivity contribution is 7.99. The van der Waals surface area contributed by atoms with Crippen LogP contribution < -0.4 is 4.74 Å². The Morgan fingerprint density at radius 3 is 2.75 bits per heavy atom. The Labute approximate surface area is 127 Å². The smallest absolute Gasteiger partial charge is 0.167 e. The second-order valence-corrected chi connectivity index (χ2v) is 5.75. The lowest BCUT2D eigenvalue weighted by Gasteiger charge is -2.06. The molecule has 0 bridgehead atoms. The lowest BCUT2D eigenvalue weighted by molar-refractivity contribution is 0.271. The van der Waals surface area contributed by atoms with E-state index in [1.165, 1.54) is 0 Å². The molecule has 0 radical (unpaired) electrons. The number of thioether (sulfide) groups is 1. The molecule has 4 nitrogen and oxygen atoms in total. The number of benzene rings is 1. The van der Waals surface area contributed by atoms with E-state index < -0.39 is 0 Å². The number of hydrogen-bond donors (Lipinski definition) is 1. The van der Waals surface area contributed by atoms with Crippen molar-refractivity contribution in [2.24, 2.45) is 7.05 Å². The van der Waals surface area contributed by atoms with Crippen LogP contribution in [0.3, 0.4) is 0 Å². The van der Waals surface area contributed by atoms with Gasteiger partial charge in [-0.2, -0.15) is 0 Å². The number of hydrogen-bond acceptors (Lipinski definition) is 4. The Bertz CT molecular complexity index is 543. The molecular formula is C14H17ClN2O2S. The van der Waals surface area contributed by atoms with Gasteiger partial charge in [-0.1, -0.05) is 23.4 Å². The highest BCUT2D eigenvalue weighted by Crippen LogP contribution is 2.19. The molecule has 0 saturated carbocycles. The van der Waals surface area contributed by atoms with Gasteiger partial charge in [0, 0.05) is 17.8 Å². The van der Waals surface area contributed by atoms with Gasteiger partial charge in [-0.3, -0.25) is 0 Å². The average molecular weight is 313 g/mol. The van der Waals surface area contributed by atoms with Gasteiger partial charge >= 0.3 is 0 Å². The molecule has 0 aliphatic heterocycles. The molecular weight excluding hydrogens is 296 g/mol. The monoisotopic (exact) mass is 312 g/mol. The Hall–Kier alpha value is -1.17. The van der Waals surface area contributed by atoms with Gasteiger partial charge in [0.2, 0.25) is 0 Å². The first-order chi connectivity index (χ1) is 9.70. The minimum atomic E-state index is 0.0176. The predicted octanol–water partition coefficient (Wildman–Crippen LogP) is 3.13. The molecule has 2 aromatic rings. The summed E-state index contributed by atoms with van der Waals surface area (Å²) in [6.45, 7) is 0.676. The summed E-state index contributed by atoms with van der Waals surface area (Å²) >= 11 is 7.47. The van der Waals surface area contributed by atoms with Crippen LogP contribution in [-0.4, -0.2) is 27.0 Å². The van der Waals surface area contributed by atoms with Crippen molar-refractivity contribution in [1.82, 2.24) is 9.55 Å². The molecule has 6 heteroatoms. The van der Waals surface area contributed by atoms with Gasteiger partial charge in [-0.15, -0.1) is 0 Å². The zero-order valence-corrected chi connectivity index (χ0v) is 12.8. The number of aliphatic hydroxyl groups excluding tert-OH is 1. The van der Waals surface area contributed by atoms with Crippen LogP contribution in [0.1, 0.15) is 12.1 Å². The second-order valence-electron chi connectivity index (χ2n) is 4.25. The molecule has 0 aliphatic carbocycles. The molecule has 0 aliphatic rings. The van der Waals surface area contributed by atoms with Crippen LogP contribution in [0.5, 0.6) is 5.75 Å². The van der Waals surface area contributed by atoms with Gasteiger partial charge in [0.05, 0.1) is 25.1 Å². The standard InChI is InChI=1S/C14H17ClN2O2S/c1-17-12(10-18)9-16-14(17)20-8-2-7-19-13-5-3-11(15)4-6-13/h3-6,9,18H,2,7-8,10H2,1H3. The molecule has 0 spiro atoms. The van der Waals surface area contributed by atoms with Gasteiger partial charge in [-0.25, -0.2) is 4.98 Å². The number of ether oxygens (including phenoxy) is 1. The Morgan fingerprint density at radius 2 is 2.10 bits per heavy atom. The normalized spacial score (nSPS) is 10.8. The maximum absolute atomic E-state index is 9.09. The van der Waals surface area contributed by atoms with E-state index in [1.807, 2.05) is 35.9 Å². The van der Waals surface area contributed by atoms with Crippen LogP contribution in [-0.2, 0) is 13.7 Å².